The van der Waals surface area contributed by atoms with E-state index < -0.39 is 41.3 Å². The molecule has 1 aliphatic heterocycles. The summed E-state index contributed by atoms with van der Waals surface area (Å²) < 4.78 is 9.18. The van der Waals surface area contributed by atoms with Gasteiger partial charge in [-0.05, 0) is 0 Å². The Morgan fingerprint density at radius 2 is 1.82 bits per heavy atom. The molecule has 0 N–H and O–H groups in total. The van der Waals surface area contributed by atoms with Gasteiger partial charge >= 0.3 is 11.9 Å². The maximum absolute atomic E-state index is 11.8. The lowest BCUT2D eigenvalue weighted by Crippen LogP contribution is -2.49. The van der Waals surface area contributed by atoms with Crippen LogP contribution in [-0.2, 0) is 23.9 Å². The van der Waals surface area contributed by atoms with E-state index in [0.717, 1.165) is 14.2 Å². The molecule has 1 aliphatic rings. The fraction of sp³-hybridized carbons (Fsp3) is 0.615. The molecule has 122 valence electrons. The summed E-state index contributed by atoms with van der Waals surface area (Å²) in [6.45, 7) is 0.831. The predicted molar refractivity (Wildman–Crippen MR) is 73.2 cm³/mol. The van der Waals surface area contributed by atoms with Gasteiger partial charge in [0, 0.05) is 24.3 Å². The standard InChI is InChI=1S/C13H18N2O7/c1-8(16)14-6-9(4-5-10(14)7-15(19)20)11(12(17)21-2)13(18)22-3/h4-5,9-11H,6-7H2,1-3H3/t9-,10-/m1/s1. The quantitative estimate of drug-likeness (QED) is 0.223. The first kappa shape index (κ1) is 17.6. The van der Waals surface area contributed by atoms with Crippen molar-refractivity contribution in [1.29, 1.82) is 0 Å². The van der Waals surface area contributed by atoms with Crippen molar-refractivity contribution in [2.24, 2.45) is 11.8 Å². The number of carbonyl (C=O) groups is 3. The number of rotatable bonds is 5. The molecule has 1 heterocycles. The maximum Gasteiger partial charge on any atom is 0.320 e. The van der Waals surface area contributed by atoms with Gasteiger partial charge in [-0.15, -0.1) is 0 Å². The van der Waals surface area contributed by atoms with E-state index in [1.54, 1.807) is 0 Å². The van der Waals surface area contributed by atoms with E-state index in [9.17, 15) is 24.5 Å². The van der Waals surface area contributed by atoms with E-state index in [4.69, 9.17) is 0 Å². The molecule has 0 aromatic heterocycles. The Labute approximate surface area is 127 Å². The SMILES string of the molecule is COC(=O)C(C(=O)OC)[C@@H]1C=C[C@H](C[N+](=O)[O-])N(C(C)=O)C1. The summed E-state index contributed by atoms with van der Waals surface area (Å²) in [6, 6.07) is -0.709. The number of carbonyl (C=O) groups excluding carboxylic acids is 3. The van der Waals surface area contributed by atoms with Crippen molar-refractivity contribution >= 4 is 17.8 Å². The molecule has 9 heteroatoms. The molecular formula is C13H18N2O7. The Morgan fingerprint density at radius 3 is 2.23 bits per heavy atom. The molecule has 0 bridgehead atoms. The molecule has 0 aliphatic carbocycles. The van der Waals surface area contributed by atoms with E-state index in [2.05, 4.69) is 9.47 Å². The van der Waals surface area contributed by atoms with Crippen LogP contribution in [0.1, 0.15) is 6.92 Å². The Kier molecular flexibility index (Phi) is 6.02. The lowest BCUT2D eigenvalue weighted by molar-refractivity contribution is -0.484. The van der Waals surface area contributed by atoms with Gasteiger partial charge in [0.15, 0.2) is 5.92 Å². The monoisotopic (exact) mass is 314 g/mol. The van der Waals surface area contributed by atoms with Crippen molar-refractivity contribution in [2.45, 2.75) is 13.0 Å². The average molecular weight is 314 g/mol. The highest BCUT2D eigenvalue weighted by Crippen LogP contribution is 2.24. The second-order valence-electron chi connectivity index (χ2n) is 4.83. The Hall–Kier alpha value is -2.45. The molecule has 2 atom stereocenters. The number of methoxy groups -OCH3 is 2. The molecule has 0 aromatic rings. The summed E-state index contributed by atoms with van der Waals surface area (Å²) in [5.41, 5.74) is 0. The van der Waals surface area contributed by atoms with Crippen LogP contribution in [0.3, 0.4) is 0 Å². The van der Waals surface area contributed by atoms with Crippen molar-refractivity contribution in [3.8, 4) is 0 Å². The van der Waals surface area contributed by atoms with Gasteiger partial charge in [0.1, 0.15) is 6.04 Å². The van der Waals surface area contributed by atoms with Crippen LogP contribution in [-0.4, -0.2) is 61.0 Å². The molecule has 1 amide bonds. The molecule has 0 aromatic carbocycles. The molecule has 22 heavy (non-hydrogen) atoms. The van der Waals surface area contributed by atoms with E-state index in [0.29, 0.717) is 0 Å². The Balaban J connectivity index is 3.05. The number of amides is 1. The highest BCUT2D eigenvalue weighted by atomic mass is 16.6. The molecular weight excluding hydrogens is 296 g/mol. The maximum atomic E-state index is 11.8. The smallest absolute Gasteiger partial charge is 0.320 e. The van der Waals surface area contributed by atoms with Crippen molar-refractivity contribution in [1.82, 2.24) is 4.90 Å². The number of ether oxygens (including phenoxy) is 2. The minimum Gasteiger partial charge on any atom is -0.468 e. The number of nitro groups is 1. The molecule has 0 saturated heterocycles. The topological polar surface area (TPSA) is 116 Å². The molecule has 0 saturated carbocycles. The fourth-order valence-electron chi connectivity index (χ4n) is 2.39. The first-order valence-electron chi connectivity index (χ1n) is 6.54. The van der Waals surface area contributed by atoms with Crippen molar-refractivity contribution < 1.29 is 28.8 Å². The number of esters is 2. The summed E-state index contributed by atoms with van der Waals surface area (Å²) in [5.74, 6) is -3.82. The van der Waals surface area contributed by atoms with Crippen LogP contribution >= 0.6 is 0 Å². The molecule has 0 spiro atoms. The van der Waals surface area contributed by atoms with Gasteiger partial charge in [-0.2, -0.15) is 0 Å². The molecule has 0 unspecified atom stereocenters. The van der Waals surface area contributed by atoms with Gasteiger partial charge in [0.25, 0.3) is 0 Å². The highest BCUT2D eigenvalue weighted by molar-refractivity contribution is 5.95. The highest BCUT2D eigenvalue weighted by Gasteiger charge is 2.40. The summed E-state index contributed by atoms with van der Waals surface area (Å²) in [5, 5.41) is 10.6. The van der Waals surface area contributed by atoms with Crippen molar-refractivity contribution in [2.75, 3.05) is 27.3 Å². The normalized spacial score (nSPS) is 20.6. The first-order valence-corrected chi connectivity index (χ1v) is 6.54. The third-order valence-corrected chi connectivity index (χ3v) is 3.47. The largest absolute Gasteiger partial charge is 0.468 e. The number of nitrogens with zero attached hydrogens (tertiary/aromatic N) is 2. The van der Waals surface area contributed by atoms with Crippen LogP contribution in [0.5, 0.6) is 0 Å². The van der Waals surface area contributed by atoms with Crippen LogP contribution in [0.25, 0.3) is 0 Å². The molecule has 0 radical (unpaired) electrons. The van der Waals surface area contributed by atoms with E-state index in [1.165, 1.54) is 24.0 Å². The van der Waals surface area contributed by atoms with Crippen molar-refractivity contribution in [3.05, 3.63) is 22.3 Å². The van der Waals surface area contributed by atoms with Crippen LogP contribution in [0.2, 0.25) is 0 Å². The van der Waals surface area contributed by atoms with Gasteiger partial charge in [-0.3, -0.25) is 24.5 Å². The number of hydrogen-bond acceptors (Lipinski definition) is 7. The van der Waals surface area contributed by atoms with Gasteiger partial charge in [0.05, 0.1) is 14.2 Å². The van der Waals surface area contributed by atoms with Gasteiger partial charge in [0.2, 0.25) is 12.5 Å². The van der Waals surface area contributed by atoms with Crippen LogP contribution in [0, 0.1) is 22.0 Å². The fourth-order valence-corrected chi connectivity index (χ4v) is 2.39. The van der Waals surface area contributed by atoms with E-state index >= 15 is 0 Å². The van der Waals surface area contributed by atoms with Gasteiger partial charge < -0.3 is 14.4 Å². The minimum atomic E-state index is -1.22. The van der Waals surface area contributed by atoms with Crippen LogP contribution in [0.4, 0.5) is 0 Å². The zero-order valence-electron chi connectivity index (χ0n) is 12.6. The summed E-state index contributed by atoms with van der Waals surface area (Å²) in [7, 11) is 2.28. The van der Waals surface area contributed by atoms with E-state index in [-0.39, 0.29) is 12.5 Å². The Bertz CT molecular complexity index is 487. The third kappa shape index (κ3) is 4.03. The molecule has 0 fully saturated rings. The Morgan fingerprint density at radius 1 is 1.27 bits per heavy atom. The van der Waals surface area contributed by atoms with E-state index in [1.807, 2.05) is 0 Å². The second kappa shape index (κ2) is 7.53. The van der Waals surface area contributed by atoms with Gasteiger partial charge in [-0.1, -0.05) is 12.2 Å². The summed E-state index contributed by atoms with van der Waals surface area (Å²) in [4.78, 5) is 46.6. The zero-order chi connectivity index (χ0) is 16.9. The molecule has 9 nitrogen and oxygen atoms in total. The minimum absolute atomic E-state index is 0.000787. The zero-order valence-corrected chi connectivity index (χ0v) is 12.6. The second-order valence-corrected chi connectivity index (χ2v) is 4.83. The van der Waals surface area contributed by atoms with Gasteiger partial charge in [-0.25, -0.2) is 0 Å². The van der Waals surface area contributed by atoms with Crippen LogP contribution in [0.15, 0.2) is 12.2 Å². The predicted octanol–water partition coefficient (Wildman–Crippen LogP) is -0.372. The van der Waals surface area contributed by atoms with Crippen LogP contribution < -0.4 is 0 Å². The first-order chi connectivity index (χ1) is 10.3. The lowest BCUT2D eigenvalue weighted by Gasteiger charge is -2.34. The lowest BCUT2D eigenvalue weighted by atomic mass is 9.87. The average Bonchev–Trinajstić information content (AvgIpc) is 2.47. The third-order valence-electron chi connectivity index (χ3n) is 3.47. The number of hydrogen-bond donors (Lipinski definition) is 0. The summed E-state index contributed by atoms with van der Waals surface area (Å²) >= 11 is 0. The summed E-state index contributed by atoms with van der Waals surface area (Å²) in [6.07, 6.45) is 2.98. The van der Waals surface area contributed by atoms with Crippen molar-refractivity contribution in [3.63, 3.8) is 0 Å². The molecule has 1 rings (SSSR count).